The number of rotatable bonds is 7. The molecule has 1 fully saturated rings. The average molecular weight is 490 g/mol. The molecule has 1 aliphatic heterocycles. The maximum absolute atomic E-state index is 9.93. The second-order valence-corrected chi connectivity index (χ2v) is 9.44. The Morgan fingerprint density at radius 3 is 2.32 bits per heavy atom. The standard InChI is InChI=1S/C30H31N7/c1-23-10-8-11-24(2)28(23)37-30(32-33-34-37)29(27-16-7-6-15-26(27)22-31)36-20-18-35(19-21-36)17-9-14-25-12-4-3-5-13-25/h3-16,29H,17-21H2,1-2H3. The van der Waals surface area contributed by atoms with Crippen LogP contribution in [-0.4, -0.2) is 62.7 Å². The van der Waals surface area contributed by atoms with Crippen molar-refractivity contribution in [1.29, 1.82) is 5.26 Å². The van der Waals surface area contributed by atoms with Crippen molar-refractivity contribution in [3.05, 3.63) is 113 Å². The molecule has 5 rings (SSSR count). The maximum atomic E-state index is 9.93. The summed E-state index contributed by atoms with van der Waals surface area (Å²) < 4.78 is 1.86. The number of piperazine rings is 1. The molecule has 7 nitrogen and oxygen atoms in total. The van der Waals surface area contributed by atoms with Crippen LogP contribution in [-0.2, 0) is 0 Å². The van der Waals surface area contributed by atoms with Crippen molar-refractivity contribution in [3.63, 3.8) is 0 Å². The summed E-state index contributed by atoms with van der Waals surface area (Å²) in [7, 11) is 0. The fraction of sp³-hybridized carbons (Fsp3) is 0.267. The van der Waals surface area contributed by atoms with Gasteiger partial charge in [-0.05, 0) is 52.6 Å². The Hall–Kier alpha value is -4.12. The molecule has 2 heterocycles. The first-order valence-corrected chi connectivity index (χ1v) is 12.7. The lowest BCUT2D eigenvalue weighted by Gasteiger charge is -2.38. The van der Waals surface area contributed by atoms with E-state index in [2.05, 4.69) is 93.8 Å². The number of nitriles is 1. The molecule has 186 valence electrons. The molecule has 0 N–H and O–H groups in total. The molecule has 1 aromatic heterocycles. The van der Waals surface area contributed by atoms with Gasteiger partial charge in [-0.15, -0.1) is 5.10 Å². The topological polar surface area (TPSA) is 73.9 Å². The van der Waals surface area contributed by atoms with E-state index in [1.54, 1.807) is 0 Å². The minimum atomic E-state index is -0.230. The van der Waals surface area contributed by atoms with Gasteiger partial charge in [0.2, 0.25) is 0 Å². The third-order valence-corrected chi connectivity index (χ3v) is 7.01. The lowest BCUT2D eigenvalue weighted by molar-refractivity contribution is 0.113. The van der Waals surface area contributed by atoms with Crippen molar-refractivity contribution >= 4 is 6.08 Å². The third-order valence-electron chi connectivity index (χ3n) is 7.01. The zero-order chi connectivity index (χ0) is 25.6. The van der Waals surface area contributed by atoms with E-state index in [4.69, 9.17) is 0 Å². The van der Waals surface area contributed by atoms with Crippen molar-refractivity contribution in [3.8, 4) is 11.8 Å². The molecule has 3 aromatic carbocycles. The van der Waals surface area contributed by atoms with Gasteiger partial charge in [-0.3, -0.25) is 9.80 Å². The molecule has 1 unspecified atom stereocenters. The Bertz CT molecular complexity index is 1390. The molecule has 1 aliphatic rings. The van der Waals surface area contributed by atoms with E-state index in [1.807, 2.05) is 41.1 Å². The van der Waals surface area contributed by atoms with Gasteiger partial charge in [0.15, 0.2) is 5.82 Å². The lowest BCUT2D eigenvalue weighted by Crippen LogP contribution is -2.48. The SMILES string of the molecule is Cc1cccc(C)c1-n1nnnc1C(c1ccccc1C#N)N1CCN(CC=Cc2ccccc2)CC1. The number of hydrogen-bond acceptors (Lipinski definition) is 6. The van der Waals surface area contributed by atoms with E-state index in [1.165, 1.54) is 5.56 Å². The van der Waals surface area contributed by atoms with Crippen molar-refractivity contribution in [2.45, 2.75) is 19.9 Å². The van der Waals surface area contributed by atoms with Gasteiger partial charge in [0, 0.05) is 32.7 Å². The van der Waals surface area contributed by atoms with Gasteiger partial charge in [0.25, 0.3) is 0 Å². The van der Waals surface area contributed by atoms with E-state index in [0.717, 1.165) is 60.9 Å². The van der Waals surface area contributed by atoms with E-state index < -0.39 is 0 Å². The zero-order valence-electron chi connectivity index (χ0n) is 21.3. The van der Waals surface area contributed by atoms with Gasteiger partial charge >= 0.3 is 0 Å². The molecule has 0 radical (unpaired) electrons. The van der Waals surface area contributed by atoms with Crippen LogP contribution in [0.4, 0.5) is 0 Å². The second-order valence-electron chi connectivity index (χ2n) is 9.44. The van der Waals surface area contributed by atoms with E-state index in [0.29, 0.717) is 5.56 Å². The molecule has 0 spiro atoms. The summed E-state index contributed by atoms with van der Waals surface area (Å²) >= 11 is 0. The van der Waals surface area contributed by atoms with E-state index in [-0.39, 0.29) is 6.04 Å². The summed E-state index contributed by atoms with van der Waals surface area (Å²) in [6.07, 6.45) is 4.41. The third kappa shape index (κ3) is 5.36. The van der Waals surface area contributed by atoms with Crippen LogP contribution < -0.4 is 0 Å². The van der Waals surface area contributed by atoms with Gasteiger partial charge < -0.3 is 0 Å². The van der Waals surface area contributed by atoms with Crippen molar-refractivity contribution in [1.82, 2.24) is 30.0 Å². The maximum Gasteiger partial charge on any atom is 0.178 e. The van der Waals surface area contributed by atoms with Gasteiger partial charge in [0.05, 0.1) is 23.4 Å². The zero-order valence-corrected chi connectivity index (χ0v) is 21.3. The summed E-state index contributed by atoms with van der Waals surface area (Å²) in [5, 5.41) is 23.0. The summed E-state index contributed by atoms with van der Waals surface area (Å²) in [4.78, 5) is 4.86. The smallest absolute Gasteiger partial charge is 0.178 e. The first-order valence-electron chi connectivity index (χ1n) is 12.7. The Morgan fingerprint density at radius 2 is 1.59 bits per heavy atom. The van der Waals surface area contributed by atoms with Crippen LogP contribution in [0.2, 0.25) is 0 Å². The second kappa shape index (κ2) is 11.3. The van der Waals surface area contributed by atoms with Gasteiger partial charge in [0.1, 0.15) is 0 Å². The molecule has 37 heavy (non-hydrogen) atoms. The summed E-state index contributed by atoms with van der Waals surface area (Å²) in [6.45, 7) is 8.61. The number of para-hydroxylation sites is 1. The number of aromatic nitrogens is 4. The summed E-state index contributed by atoms with van der Waals surface area (Å²) in [6, 6.07) is 26.5. The lowest BCUT2D eigenvalue weighted by atomic mass is 9.97. The molecule has 0 amide bonds. The van der Waals surface area contributed by atoms with Crippen LogP contribution in [0.5, 0.6) is 0 Å². The van der Waals surface area contributed by atoms with Crippen molar-refractivity contribution in [2.75, 3.05) is 32.7 Å². The largest absolute Gasteiger partial charge is 0.297 e. The van der Waals surface area contributed by atoms with E-state index in [9.17, 15) is 5.26 Å². The highest BCUT2D eigenvalue weighted by atomic mass is 15.6. The van der Waals surface area contributed by atoms with Gasteiger partial charge in [-0.25, -0.2) is 0 Å². The number of aryl methyl sites for hydroxylation is 2. The van der Waals surface area contributed by atoms with Crippen LogP contribution in [0.25, 0.3) is 11.8 Å². The van der Waals surface area contributed by atoms with Crippen LogP contribution in [0.1, 0.15) is 39.7 Å². The number of benzene rings is 3. The Labute approximate surface area is 218 Å². The van der Waals surface area contributed by atoms with Gasteiger partial charge in [-0.2, -0.15) is 9.94 Å². The molecular formula is C30H31N7. The number of hydrogen-bond donors (Lipinski definition) is 0. The minimum absolute atomic E-state index is 0.230. The van der Waals surface area contributed by atoms with Crippen LogP contribution >= 0.6 is 0 Å². The predicted molar refractivity (Wildman–Crippen MR) is 145 cm³/mol. The van der Waals surface area contributed by atoms with Crippen molar-refractivity contribution < 1.29 is 0 Å². The normalized spacial score (nSPS) is 15.6. The molecular weight excluding hydrogens is 458 g/mol. The first kappa shape index (κ1) is 24.6. The van der Waals surface area contributed by atoms with E-state index >= 15 is 0 Å². The molecule has 0 saturated carbocycles. The van der Waals surface area contributed by atoms with Crippen LogP contribution in [0.15, 0.2) is 78.9 Å². The Balaban J connectivity index is 1.43. The van der Waals surface area contributed by atoms with Gasteiger partial charge in [-0.1, -0.05) is 78.9 Å². The highest BCUT2D eigenvalue weighted by Gasteiger charge is 2.32. The monoisotopic (exact) mass is 489 g/mol. The fourth-order valence-corrected chi connectivity index (χ4v) is 5.11. The summed E-state index contributed by atoms with van der Waals surface area (Å²) in [5.74, 6) is 0.734. The first-order chi connectivity index (χ1) is 18.2. The molecule has 1 saturated heterocycles. The minimum Gasteiger partial charge on any atom is -0.297 e. The Kier molecular flexibility index (Phi) is 7.50. The van der Waals surface area contributed by atoms with Crippen molar-refractivity contribution in [2.24, 2.45) is 0 Å². The average Bonchev–Trinajstić information content (AvgIpc) is 3.39. The molecule has 7 heteroatoms. The number of tetrazole rings is 1. The highest BCUT2D eigenvalue weighted by Crippen LogP contribution is 2.32. The number of nitrogens with zero attached hydrogens (tertiary/aromatic N) is 7. The van der Waals surface area contributed by atoms with Crippen LogP contribution in [0, 0.1) is 25.2 Å². The quantitative estimate of drug-likeness (QED) is 0.379. The van der Waals surface area contributed by atoms with Crippen LogP contribution in [0.3, 0.4) is 0 Å². The summed E-state index contributed by atoms with van der Waals surface area (Å²) in [5.41, 5.74) is 6.01. The highest BCUT2D eigenvalue weighted by molar-refractivity contribution is 5.49. The predicted octanol–water partition coefficient (Wildman–Crippen LogP) is 4.57. The fourth-order valence-electron chi connectivity index (χ4n) is 5.11. The Morgan fingerprint density at radius 1 is 0.892 bits per heavy atom. The molecule has 1 atom stereocenters. The molecule has 4 aromatic rings. The molecule has 0 aliphatic carbocycles. The molecule has 0 bridgehead atoms.